The zero-order valence-electron chi connectivity index (χ0n) is 11.3. The lowest BCUT2D eigenvalue weighted by molar-refractivity contribution is -0.136. The molecule has 1 aromatic rings. The van der Waals surface area contributed by atoms with Crippen LogP contribution in [0.15, 0.2) is 18.2 Å². The second-order valence-corrected chi connectivity index (χ2v) is 6.61. The average Bonchev–Trinajstić information content (AvgIpc) is 2.78. The van der Waals surface area contributed by atoms with E-state index in [0.717, 1.165) is 31.1 Å². The molecule has 0 spiro atoms. The Morgan fingerprint density at radius 2 is 2.10 bits per heavy atom. The van der Waals surface area contributed by atoms with E-state index in [4.69, 9.17) is 5.73 Å². The van der Waals surface area contributed by atoms with Gasteiger partial charge in [0.25, 0.3) is 0 Å². The van der Waals surface area contributed by atoms with Crippen LogP contribution < -0.4 is 11.1 Å². The van der Waals surface area contributed by atoms with Gasteiger partial charge in [0.1, 0.15) is 0 Å². The summed E-state index contributed by atoms with van der Waals surface area (Å²) in [7, 11) is 0. The standard InChI is InChI=1S/C14H19F3N2S/c1-2-20-11-5-4-10(8-11)19-13-6-3-9(18)7-12(13)14(15,16)17/h3,6-7,10-11,19H,2,4-5,8,18H2,1H3. The molecule has 2 nitrogen and oxygen atoms in total. The van der Waals surface area contributed by atoms with Crippen LogP contribution >= 0.6 is 11.8 Å². The SMILES string of the molecule is CCSC1CCC(Nc2ccc(N)cc2C(F)(F)F)C1. The van der Waals surface area contributed by atoms with E-state index in [-0.39, 0.29) is 17.4 Å². The lowest BCUT2D eigenvalue weighted by Crippen LogP contribution is -2.19. The smallest absolute Gasteiger partial charge is 0.399 e. The molecule has 0 radical (unpaired) electrons. The minimum atomic E-state index is -4.38. The Labute approximate surface area is 121 Å². The van der Waals surface area contributed by atoms with Gasteiger partial charge in [0.05, 0.1) is 5.56 Å². The van der Waals surface area contributed by atoms with Crippen molar-refractivity contribution in [1.29, 1.82) is 0 Å². The number of nitrogen functional groups attached to an aromatic ring is 1. The van der Waals surface area contributed by atoms with Gasteiger partial charge in [-0.05, 0) is 43.2 Å². The summed E-state index contributed by atoms with van der Waals surface area (Å²) >= 11 is 1.88. The topological polar surface area (TPSA) is 38.0 Å². The number of rotatable bonds is 4. The van der Waals surface area contributed by atoms with Gasteiger partial charge in [-0.3, -0.25) is 0 Å². The third-order valence-corrected chi connectivity index (χ3v) is 4.73. The predicted molar refractivity (Wildman–Crippen MR) is 79.0 cm³/mol. The maximum atomic E-state index is 13.0. The molecule has 2 unspecified atom stereocenters. The Morgan fingerprint density at radius 3 is 2.75 bits per heavy atom. The Kier molecular flexibility index (Phi) is 4.73. The van der Waals surface area contributed by atoms with E-state index in [0.29, 0.717) is 5.25 Å². The monoisotopic (exact) mass is 304 g/mol. The van der Waals surface area contributed by atoms with Gasteiger partial charge in [0.2, 0.25) is 0 Å². The molecular formula is C14H19F3N2S. The molecule has 0 aromatic heterocycles. The summed E-state index contributed by atoms with van der Waals surface area (Å²) in [5.41, 5.74) is 5.06. The van der Waals surface area contributed by atoms with Crippen molar-refractivity contribution in [2.75, 3.05) is 16.8 Å². The zero-order chi connectivity index (χ0) is 14.8. The summed E-state index contributed by atoms with van der Waals surface area (Å²) < 4.78 is 39.0. The molecule has 112 valence electrons. The van der Waals surface area contributed by atoms with Gasteiger partial charge < -0.3 is 11.1 Å². The normalized spacial score (nSPS) is 23.0. The highest BCUT2D eigenvalue weighted by molar-refractivity contribution is 7.99. The summed E-state index contributed by atoms with van der Waals surface area (Å²) in [4.78, 5) is 0. The zero-order valence-corrected chi connectivity index (χ0v) is 12.2. The van der Waals surface area contributed by atoms with Crippen molar-refractivity contribution < 1.29 is 13.2 Å². The van der Waals surface area contributed by atoms with Gasteiger partial charge in [0, 0.05) is 22.7 Å². The summed E-state index contributed by atoms with van der Waals surface area (Å²) in [6.07, 6.45) is -1.49. The van der Waals surface area contributed by atoms with Crippen molar-refractivity contribution in [1.82, 2.24) is 0 Å². The fourth-order valence-corrected chi connectivity index (χ4v) is 3.74. The lowest BCUT2D eigenvalue weighted by atomic mass is 10.1. The quantitative estimate of drug-likeness (QED) is 0.811. The Hall–Kier alpha value is -1.04. The van der Waals surface area contributed by atoms with E-state index >= 15 is 0 Å². The predicted octanol–water partition coefficient (Wildman–Crippen LogP) is 4.37. The lowest BCUT2D eigenvalue weighted by Gasteiger charge is -2.19. The van der Waals surface area contributed by atoms with Gasteiger partial charge in [-0.1, -0.05) is 6.92 Å². The number of nitrogens with two attached hydrogens (primary N) is 1. The average molecular weight is 304 g/mol. The van der Waals surface area contributed by atoms with Crippen molar-refractivity contribution in [3.05, 3.63) is 23.8 Å². The third-order valence-electron chi connectivity index (χ3n) is 3.50. The van der Waals surface area contributed by atoms with E-state index in [2.05, 4.69) is 12.2 Å². The van der Waals surface area contributed by atoms with Gasteiger partial charge >= 0.3 is 6.18 Å². The number of benzene rings is 1. The van der Waals surface area contributed by atoms with E-state index in [1.807, 2.05) is 11.8 Å². The molecule has 20 heavy (non-hydrogen) atoms. The second-order valence-electron chi connectivity index (χ2n) is 5.03. The highest BCUT2D eigenvalue weighted by Crippen LogP contribution is 2.38. The van der Waals surface area contributed by atoms with Crippen LogP contribution in [0.1, 0.15) is 31.7 Å². The van der Waals surface area contributed by atoms with Crippen molar-refractivity contribution >= 4 is 23.1 Å². The van der Waals surface area contributed by atoms with Crippen LogP contribution in [0.2, 0.25) is 0 Å². The first-order chi connectivity index (χ1) is 9.40. The molecule has 6 heteroatoms. The minimum Gasteiger partial charge on any atom is -0.399 e. The van der Waals surface area contributed by atoms with Crippen LogP contribution in [0.25, 0.3) is 0 Å². The first-order valence-electron chi connectivity index (χ1n) is 6.75. The maximum absolute atomic E-state index is 13.0. The van der Waals surface area contributed by atoms with Crippen LogP contribution in [-0.4, -0.2) is 17.0 Å². The van der Waals surface area contributed by atoms with Crippen molar-refractivity contribution in [3.63, 3.8) is 0 Å². The summed E-state index contributed by atoms with van der Waals surface area (Å²) in [6, 6.07) is 4.04. The van der Waals surface area contributed by atoms with Gasteiger partial charge in [-0.2, -0.15) is 24.9 Å². The van der Waals surface area contributed by atoms with Gasteiger partial charge in [0.15, 0.2) is 0 Å². The highest BCUT2D eigenvalue weighted by Gasteiger charge is 2.35. The number of thioether (sulfide) groups is 1. The number of halogens is 3. The van der Waals surface area contributed by atoms with Gasteiger partial charge in [-0.25, -0.2) is 0 Å². The molecule has 0 heterocycles. The molecule has 2 atom stereocenters. The first kappa shape index (κ1) is 15.4. The van der Waals surface area contributed by atoms with Crippen LogP contribution in [0.3, 0.4) is 0 Å². The van der Waals surface area contributed by atoms with E-state index in [1.165, 1.54) is 12.1 Å². The molecular weight excluding hydrogens is 285 g/mol. The summed E-state index contributed by atoms with van der Waals surface area (Å²) in [5, 5.41) is 3.60. The third kappa shape index (κ3) is 3.75. The van der Waals surface area contributed by atoms with Crippen molar-refractivity contribution in [3.8, 4) is 0 Å². The van der Waals surface area contributed by atoms with Crippen LogP contribution in [0.5, 0.6) is 0 Å². The van der Waals surface area contributed by atoms with E-state index in [9.17, 15) is 13.2 Å². The Balaban J connectivity index is 2.10. The van der Waals surface area contributed by atoms with Crippen molar-refractivity contribution in [2.24, 2.45) is 0 Å². The van der Waals surface area contributed by atoms with Crippen molar-refractivity contribution in [2.45, 2.75) is 43.7 Å². The fraction of sp³-hybridized carbons (Fsp3) is 0.571. The highest BCUT2D eigenvalue weighted by atomic mass is 32.2. The van der Waals surface area contributed by atoms with Crippen LogP contribution in [0, 0.1) is 0 Å². The fourth-order valence-electron chi connectivity index (χ4n) is 2.60. The largest absolute Gasteiger partial charge is 0.418 e. The molecule has 3 N–H and O–H groups in total. The molecule has 0 saturated heterocycles. The Morgan fingerprint density at radius 1 is 1.35 bits per heavy atom. The number of hydrogen-bond acceptors (Lipinski definition) is 3. The molecule has 2 rings (SSSR count). The van der Waals surface area contributed by atoms with E-state index < -0.39 is 11.7 Å². The second kappa shape index (κ2) is 6.16. The van der Waals surface area contributed by atoms with Crippen LogP contribution in [-0.2, 0) is 6.18 Å². The number of alkyl halides is 3. The molecule has 1 fully saturated rings. The molecule has 0 aliphatic heterocycles. The molecule has 1 aromatic carbocycles. The van der Waals surface area contributed by atoms with Gasteiger partial charge in [-0.15, -0.1) is 0 Å². The number of hydrogen-bond donors (Lipinski definition) is 2. The number of anilines is 2. The molecule has 0 bridgehead atoms. The molecule has 1 aliphatic rings. The Bertz CT molecular complexity index is 462. The summed E-state index contributed by atoms with van der Waals surface area (Å²) in [6.45, 7) is 2.10. The minimum absolute atomic E-state index is 0.115. The number of nitrogens with one attached hydrogen (secondary N) is 1. The summed E-state index contributed by atoms with van der Waals surface area (Å²) in [5.74, 6) is 1.05. The maximum Gasteiger partial charge on any atom is 0.418 e. The molecule has 1 saturated carbocycles. The first-order valence-corrected chi connectivity index (χ1v) is 7.80. The molecule has 0 amide bonds. The van der Waals surface area contributed by atoms with E-state index in [1.54, 1.807) is 0 Å². The van der Waals surface area contributed by atoms with Crippen LogP contribution in [0.4, 0.5) is 24.5 Å². The molecule has 1 aliphatic carbocycles.